The van der Waals surface area contributed by atoms with Crippen molar-refractivity contribution < 1.29 is 47.6 Å². The van der Waals surface area contributed by atoms with Gasteiger partial charge in [0, 0.05) is 21.1 Å². The molecule has 0 amide bonds. The summed E-state index contributed by atoms with van der Waals surface area (Å²) in [6, 6.07) is 0. The second kappa shape index (κ2) is 304. The fourth-order valence-electron chi connectivity index (χ4n) is 0. The fourth-order valence-corrected chi connectivity index (χ4v) is 0. The maximum Gasteiger partial charge on any atom is 2.00 e. The van der Waals surface area contributed by atoms with E-state index in [2.05, 4.69) is 0 Å². The Kier molecular flexibility index (Phi) is 16900. The normalized spacial score (nSPS) is 0. The second-order valence-electron chi connectivity index (χ2n) is 0. The van der Waals surface area contributed by atoms with Crippen LogP contribution in [0, 0.1) is 7.43 Å². The molecule has 0 aromatic rings. The zero-order valence-corrected chi connectivity index (χ0v) is 8.99. The van der Waals surface area contributed by atoms with Gasteiger partial charge in [-0.05, 0) is 0 Å². The SMILES string of the molecule is O.[CH3-].[NH2-].[NH2-].[NH2-].[NH2-].[Pt+2].[Pt]. The van der Waals surface area contributed by atoms with Crippen molar-refractivity contribution in [2.24, 2.45) is 0 Å². The predicted octanol–water partition coefficient (Wildman–Crippen LogP) is 2.49. The van der Waals surface area contributed by atoms with E-state index in [4.69, 9.17) is 0 Å². The molecule has 66 valence electrons. The van der Waals surface area contributed by atoms with Crippen molar-refractivity contribution in [3.8, 4) is 0 Å². The Labute approximate surface area is 79.5 Å². The molecule has 0 radical (unpaired) electrons. The van der Waals surface area contributed by atoms with E-state index in [1.165, 1.54) is 0 Å². The summed E-state index contributed by atoms with van der Waals surface area (Å²) in [5.74, 6) is 0. The third kappa shape index (κ3) is 198. The molecular weight excluding hydrogens is 474 g/mol. The molecular formula is CH13N4OPt2-3. The minimum atomic E-state index is 0. The molecule has 0 aliphatic carbocycles. The summed E-state index contributed by atoms with van der Waals surface area (Å²) in [7, 11) is 0. The third-order valence-electron chi connectivity index (χ3n) is 0. The van der Waals surface area contributed by atoms with Crippen molar-refractivity contribution in [2.45, 2.75) is 0 Å². The smallest absolute Gasteiger partial charge is 0.693 e. The molecule has 0 saturated heterocycles. The van der Waals surface area contributed by atoms with Gasteiger partial charge in [0.05, 0.1) is 0 Å². The maximum atomic E-state index is 0. The molecule has 0 fully saturated rings. The van der Waals surface area contributed by atoms with E-state index >= 15 is 0 Å². The van der Waals surface area contributed by atoms with Crippen LogP contribution in [0.15, 0.2) is 0 Å². The van der Waals surface area contributed by atoms with Crippen LogP contribution in [-0.2, 0) is 42.1 Å². The van der Waals surface area contributed by atoms with Crippen LogP contribution in [-0.4, -0.2) is 5.48 Å². The van der Waals surface area contributed by atoms with Gasteiger partial charge in [-0.15, -0.1) is 0 Å². The molecule has 0 aromatic carbocycles. The largest absolute Gasteiger partial charge is 2.00 e. The van der Waals surface area contributed by atoms with Crippen molar-refractivity contribution >= 4 is 0 Å². The van der Waals surface area contributed by atoms with Gasteiger partial charge in [-0.25, -0.2) is 0 Å². The molecule has 7 heteroatoms. The molecule has 0 aliphatic rings. The Morgan fingerprint density at radius 2 is 0.625 bits per heavy atom. The number of nitrogens with two attached hydrogens (primary N) is 4. The topological polar surface area (TPSA) is 166 Å². The Hall–Kier alpha value is 1.18. The van der Waals surface area contributed by atoms with E-state index in [0.29, 0.717) is 0 Å². The molecule has 5 nitrogen and oxygen atoms in total. The minimum absolute atomic E-state index is 0. The molecule has 0 atom stereocenters. The van der Waals surface area contributed by atoms with Gasteiger partial charge in [-0.1, -0.05) is 0 Å². The average Bonchev–Trinajstić information content (AvgIpc) is 0. The third-order valence-corrected chi connectivity index (χ3v) is 0. The van der Waals surface area contributed by atoms with Crippen LogP contribution in [0.1, 0.15) is 0 Å². The number of hydrogen-bond donors (Lipinski definition) is 0. The van der Waals surface area contributed by atoms with Gasteiger partial charge in [0.25, 0.3) is 0 Å². The van der Waals surface area contributed by atoms with Gasteiger partial charge < -0.3 is 37.5 Å². The first-order valence-corrected chi connectivity index (χ1v) is 0. The summed E-state index contributed by atoms with van der Waals surface area (Å²) >= 11 is 0. The van der Waals surface area contributed by atoms with E-state index < -0.39 is 0 Å². The van der Waals surface area contributed by atoms with E-state index in [9.17, 15) is 0 Å². The monoisotopic (exact) mass is 487 g/mol. The van der Waals surface area contributed by atoms with Crippen molar-refractivity contribution in [1.82, 2.24) is 0 Å². The minimum Gasteiger partial charge on any atom is -0.693 e. The Balaban J connectivity index is 0. The zero-order chi connectivity index (χ0) is 0. The molecule has 10 N–H and O–H groups in total. The van der Waals surface area contributed by atoms with Gasteiger partial charge >= 0.3 is 21.1 Å². The Morgan fingerprint density at radius 1 is 0.625 bits per heavy atom. The number of rotatable bonds is 0. The van der Waals surface area contributed by atoms with E-state index in [0.717, 1.165) is 0 Å². The molecule has 0 heterocycles. The quantitative estimate of drug-likeness (QED) is 0.459. The summed E-state index contributed by atoms with van der Waals surface area (Å²) in [4.78, 5) is 0. The number of hydrogen-bond acceptors (Lipinski definition) is 0. The van der Waals surface area contributed by atoms with Crippen LogP contribution in [0.5, 0.6) is 0 Å². The first kappa shape index (κ1) is 443. The fraction of sp³-hybridized carbons (Fsp3) is 0. The standard InChI is InChI=1S/CH3.4H2N.H2O.2Pt/h1H3;5*1H2;;/q5*-1;;;+2. The Bertz CT molecular complexity index is 14.0. The predicted molar refractivity (Wildman–Crippen MR) is 31.2 cm³/mol. The molecule has 0 spiro atoms. The second-order valence-corrected chi connectivity index (χ2v) is 0. The molecule has 0 rings (SSSR count). The Morgan fingerprint density at radius 3 is 0.625 bits per heavy atom. The van der Waals surface area contributed by atoms with E-state index in [-0.39, 0.29) is 79.6 Å². The molecule has 0 aliphatic heterocycles. The summed E-state index contributed by atoms with van der Waals surface area (Å²) < 4.78 is 0. The van der Waals surface area contributed by atoms with E-state index in [1.807, 2.05) is 0 Å². The van der Waals surface area contributed by atoms with Crippen LogP contribution >= 0.6 is 0 Å². The van der Waals surface area contributed by atoms with Crippen molar-refractivity contribution in [2.75, 3.05) is 0 Å². The maximum absolute atomic E-state index is 0. The molecule has 8 heavy (non-hydrogen) atoms. The van der Waals surface area contributed by atoms with Gasteiger partial charge in [0.2, 0.25) is 0 Å². The van der Waals surface area contributed by atoms with Crippen LogP contribution < -0.4 is 0 Å². The summed E-state index contributed by atoms with van der Waals surface area (Å²) in [6.45, 7) is 0. The van der Waals surface area contributed by atoms with Crippen LogP contribution in [0.25, 0.3) is 24.6 Å². The van der Waals surface area contributed by atoms with Crippen molar-refractivity contribution in [1.29, 1.82) is 0 Å². The van der Waals surface area contributed by atoms with Gasteiger partial charge in [0.1, 0.15) is 0 Å². The molecule has 0 unspecified atom stereocenters. The van der Waals surface area contributed by atoms with Crippen LogP contribution in [0.3, 0.4) is 0 Å². The van der Waals surface area contributed by atoms with Crippen LogP contribution in [0.4, 0.5) is 0 Å². The van der Waals surface area contributed by atoms with Gasteiger partial charge in [-0.2, -0.15) is 0 Å². The summed E-state index contributed by atoms with van der Waals surface area (Å²) in [5, 5.41) is 0. The summed E-state index contributed by atoms with van der Waals surface area (Å²) in [6.07, 6.45) is 0. The molecule has 0 saturated carbocycles. The van der Waals surface area contributed by atoms with Gasteiger partial charge in [-0.3, -0.25) is 0 Å². The van der Waals surface area contributed by atoms with Crippen molar-refractivity contribution in [3.63, 3.8) is 0 Å². The first-order valence-electron chi connectivity index (χ1n) is 0. The average molecular weight is 487 g/mol. The van der Waals surface area contributed by atoms with E-state index in [1.54, 1.807) is 0 Å². The van der Waals surface area contributed by atoms with Gasteiger partial charge in [0.15, 0.2) is 0 Å². The van der Waals surface area contributed by atoms with Crippen molar-refractivity contribution in [3.05, 3.63) is 32.0 Å². The molecule has 0 aromatic heterocycles. The summed E-state index contributed by atoms with van der Waals surface area (Å²) in [5.41, 5.74) is 0. The van der Waals surface area contributed by atoms with Crippen LogP contribution in [0.2, 0.25) is 0 Å². The molecule has 0 bridgehead atoms. The zero-order valence-electron chi connectivity index (χ0n) is 4.44. The first-order chi connectivity index (χ1) is 0.